The van der Waals surface area contributed by atoms with Crippen LogP contribution in [0.5, 0.6) is 0 Å². The van der Waals surface area contributed by atoms with E-state index < -0.39 is 0 Å². The molecule has 8 heteroatoms. The summed E-state index contributed by atoms with van der Waals surface area (Å²) >= 11 is 1.63. The lowest BCUT2D eigenvalue weighted by molar-refractivity contribution is -0.129. The zero-order valence-corrected chi connectivity index (χ0v) is 16.5. The van der Waals surface area contributed by atoms with E-state index in [1.807, 2.05) is 38.5 Å². The maximum Gasteiger partial charge on any atom is 0.227 e. The van der Waals surface area contributed by atoms with Crippen LogP contribution in [-0.4, -0.2) is 64.8 Å². The highest BCUT2D eigenvalue weighted by molar-refractivity contribution is 7.08. The molecule has 5 heterocycles. The van der Waals surface area contributed by atoms with E-state index in [4.69, 9.17) is 14.8 Å². The summed E-state index contributed by atoms with van der Waals surface area (Å²) in [5, 5.41) is 8.79. The zero-order valence-electron chi connectivity index (χ0n) is 15.7. The van der Waals surface area contributed by atoms with E-state index in [1.165, 1.54) is 0 Å². The maximum atomic E-state index is 12.6. The first-order valence-corrected chi connectivity index (χ1v) is 10.7. The molecule has 2 saturated heterocycles. The number of aromatic nitrogens is 3. The molecule has 2 aliphatic rings. The summed E-state index contributed by atoms with van der Waals surface area (Å²) in [5.74, 6) is 1.24. The number of nitrogens with zero attached hydrogens (tertiary/aromatic N) is 5. The van der Waals surface area contributed by atoms with Crippen LogP contribution in [0.25, 0.3) is 5.65 Å². The van der Waals surface area contributed by atoms with Crippen LogP contribution >= 0.6 is 11.3 Å². The van der Waals surface area contributed by atoms with Gasteiger partial charge in [-0.25, -0.2) is 9.50 Å². The van der Waals surface area contributed by atoms with Crippen LogP contribution < -0.4 is 4.90 Å². The van der Waals surface area contributed by atoms with Crippen molar-refractivity contribution in [2.75, 3.05) is 44.3 Å². The van der Waals surface area contributed by atoms with Crippen molar-refractivity contribution in [2.24, 2.45) is 0 Å². The van der Waals surface area contributed by atoms with Crippen molar-refractivity contribution in [3.63, 3.8) is 0 Å². The van der Waals surface area contributed by atoms with Crippen molar-refractivity contribution >= 4 is 28.6 Å². The largest absolute Gasteiger partial charge is 0.378 e. The van der Waals surface area contributed by atoms with E-state index >= 15 is 0 Å². The molecule has 7 nitrogen and oxygen atoms in total. The third kappa shape index (κ3) is 3.49. The molecule has 1 amide bonds. The van der Waals surface area contributed by atoms with E-state index in [2.05, 4.69) is 11.0 Å². The Kier molecular flexibility index (Phi) is 4.74. The van der Waals surface area contributed by atoms with Gasteiger partial charge in [0.1, 0.15) is 0 Å². The van der Waals surface area contributed by atoms with Crippen LogP contribution in [0, 0.1) is 0 Å². The SMILES string of the molecule is O=C(Cc1ccsc1)N1CCC(c2nc3ccc(N4CCOCC4)cn3n2)C1. The second kappa shape index (κ2) is 7.52. The summed E-state index contributed by atoms with van der Waals surface area (Å²) in [7, 11) is 0. The molecule has 2 fully saturated rings. The highest BCUT2D eigenvalue weighted by Crippen LogP contribution is 2.26. The molecule has 3 aromatic heterocycles. The van der Waals surface area contributed by atoms with E-state index in [0.717, 1.165) is 62.0 Å². The number of pyridine rings is 1. The monoisotopic (exact) mass is 397 g/mol. The fraction of sp³-hybridized carbons (Fsp3) is 0.450. The molecule has 0 N–H and O–H groups in total. The Labute approximate surface area is 167 Å². The van der Waals surface area contributed by atoms with Crippen LogP contribution in [0.1, 0.15) is 23.7 Å². The Bertz CT molecular complexity index is 964. The number of carbonyl (C=O) groups excluding carboxylic acids is 1. The molecule has 0 radical (unpaired) electrons. The second-order valence-corrected chi connectivity index (χ2v) is 8.17. The van der Waals surface area contributed by atoms with Gasteiger partial charge in [0.15, 0.2) is 11.5 Å². The van der Waals surface area contributed by atoms with Crippen LogP contribution in [0.4, 0.5) is 5.69 Å². The predicted octanol–water partition coefficient (Wildman–Crippen LogP) is 2.19. The molecule has 146 valence electrons. The average Bonchev–Trinajstić information content (AvgIpc) is 3.47. The van der Waals surface area contributed by atoms with Gasteiger partial charge in [0.25, 0.3) is 0 Å². The predicted molar refractivity (Wildman–Crippen MR) is 108 cm³/mol. The lowest BCUT2D eigenvalue weighted by Gasteiger charge is -2.28. The van der Waals surface area contributed by atoms with Crippen LogP contribution in [0.2, 0.25) is 0 Å². The van der Waals surface area contributed by atoms with Gasteiger partial charge in [0, 0.05) is 32.1 Å². The molecule has 3 aromatic rings. The molecule has 1 atom stereocenters. The maximum absolute atomic E-state index is 12.6. The number of hydrogen-bond acceptors (Lipinski definition) is 6. The Morgan fingerprint density at radius 2 is 2.11 bits per heavy atom. The number of amides is 1. The van der Waals surface area contributed by atoms with Gasteiger partial charge in [0.2, 0.25) is 5.91 Å². The smallest absolute Gasteiger partial charge is 0.227 e. The van der Waals surface area contributed by atoms with Gasteiger partial charge >= 0.3 is 0 Å². The number of anilines is 1. The Morgan fingerprint density at radius 1 is 1.21 bits per heavy atom. The summed E-state index contributed by atoms with van der Waals surface area (Å²) in [6.45, 7) is 4.81. The van der Waals surface area contributed by atoms with E-state index in [9.17, 15) is 4.79 Å². The van der Waals surface area contributed by atoms with Crippen molar-refractivity contribution in [2.45, 2.75) is 18.8 Å². The van der Waals surface area contributed by atoms with Crippen LogP contribution in [0.3, 0.4) is 0 Å². The number of hydrogen-bond donors (Lipinski definition) is 0. The Balaban J connectivity index is 1.29. The van der Waals surface area contributed by atoms with Crippen molar-refractivity contribution < 1.29 is 9.53 Å². The van der Waals surface area contributed by atoms with Gasteiger partial charge in [-0.15, -0.1) is 0 Å². The topological polar surface area (TPSA) is 63.0 Å². The molecule has 0 bridgehead atoms. The minimum absolute atomic E-state index is 0.194. The van der Waals surface area contributed by atoms with Gasteiger partial charge in [0.05, 0.1) is 31.5 Å². The van der Waals surface area contributed by atoms with Crippen molar-refractivity contribution in [1.29, 1.82) is 0 Å². The van der Waals surface area contributed by atoms with E-state index in [-0.39, 0.29) is 11.8 Å². The van der Waals surface area contributed by atoms with Crippen LogP contribution in [0.15, 0.2) is 35.2 Å². The second-order valence-electron chi connectivity index (χ2n) is 7.39. The first-order chi connectivity index (χ1) is 13.8. The standard InChI is InChI=1S/C20H23N5O2S/c26-19(11-15-4-10-28-14-15)24-5-3-16(12-24)20-21-18-2-1-17(13-25(18)22-20)23-6-8-27-9-7-23/h1-2,4,10,13-14,16H,3,5-9,11-12H2. The molecular weight excluding hydrogens is 374 g/mol. The van der Waals surface area contributed by atoms with Gasteiger partial charge in [-0.05, 0) is 40.9 Å². The number of ether oxygens (including phenoxy) is 1. The van der Waals surface area contributed by atoms with Crippen molar-refractivity contribution in [1.82, 2.24) is 19.5 Å². The summed E-state index contributed by atoms with van der Waals surface area (Å²) in [6, 6.07) is 6.14. The molecule has 0 aromatic carbocycles. The number of thiophene rings is 1. The minimum Gasteiger partial charge on any atom is -0.378 e. The number of morpholine rings is 1. The molecule has 0 spiro atoms. The number of fused-ring (bicyclic) bond motifs is 1. The molecule has 5 rings (SSSR count). The number of rotatable bonds is 4. The zero-order chi connectivity index (χ0) is 18.9. The summed E-state index contributed by atoms with van der Waals surface area (Å²) in [5.41, 5.74) is 3.10. The lowest BCUT2D eigenvalue weighted by Crippen LogP contribution is -2.36. The highest BCUT2D eigenvalue weighted by atomic mass is 32.1. The summed E-state index contributed by atoms with van der Waals surface area (Å²) in [6.07, 6.45) is 3.45. The molecule has 0 saturated carbocycles. The van der Waals surface area contributed by atoms with Gasteiger partial charge in [-0.2, -0.15) is 16.4 Å². The van der Waals surface area contributed by atoms with E-state index in [0.29, 0.717) is 13.0 Å². The quantitative estimate of drug-likeness (QED) is 0.675. The van der Waals surface area contributed by atoms with Crippen molar-refractivity contribution in [3.05, 3.63) is 46.5 Å². The summed E-state index contributed by atoms with van der Waals surface area (Å²) < 4.78 is 7.31. The van der Waals surface area contributed by atoms with Crippen LogP contribution in [-0.2, 0) is 16.0 Å². The van der Waals surface area contributed by atoms with Gasteiger partial charge < -0.3 is 14.5 Å². The fourth-order valence-electron chi connectivity index (χ4n) is 3.95. The van der Waals surface area contributed by atoms with Gasteiger partial charge in [-0.3, -0.25) is 4.79 Å². The normalized spacial score (nSPS) is 20.2. The summed E-state index contributed by atoms with van der Waals surface area (Å²) in [4.78, 5) is 21.5. The lowest BCUT2D eigenvalue weighted by atomic mass is 10.1. The molecule has 0 aliphatic carbocycles. The molecule has 28 heavy (non-hydrogen) atoms. The van der Waals surface area contributed by atoms with E-state index in [1.54, 1.807) is 11.3 Å². The fourth-order valence-corrected chi connectivity index (χ4v) is 4.62. The average molecular weight is 398 g/mol. The molecule has 1 unspecified atom stereocenters. The first-order valence-electron chi connectivity index (χ1n) is 9.74. The molecule has 2 aliphatic heterocycles. The highest BCUT2D eigenvalue weighted by Gasteiger charge is 2.30. The minimum atomic E-state index is 0.194. The van der Waals surface area contributed by atoms with Crippen molar-refractivity contribution in [3.8, 4) is 0 Å². The third-order valence-corrected chi connectivity index (χ3v) is 6.28. The Hall–Kier alpha value is -2.45. The first kappa shape index (κ1) is 17.6. The Morgan fingerprint density at radius 3 is 2.93 bits per heavy atom. The van der Waals surface area contributed by atoms with Gasteiger partial charge in [-0.1, -0.05) is 0 Å². The number of likely N-dealkylation sites (tertiary alicyclic amines) is 1. The number of carbonyl (C=O) groups is 1. The molecular formula is C20H23N5O2S. The third-order valence-electron chi connectivity index (χ3n) is 5.55.